The topological polar surface area (TPSA) is 72.2 Å². The Morgan fingerprint density at radius 3 is 2.81 bits per heavy atom. The summed E-state index contributed by atoms with van der Waals surface area (Å²) in [5.74, 6) is -0.781. The van der Waals surface area contributed by atoms with Crippen molar-refractivity contribution in [3.05, 3.63) is 17.5 Å². The molecule has 1 aromatic rings. The van der Waals surface area contributed by atoms with E-state index in [2.05, 4.69) is 5.10 Å². The lowest BCUT2D eigenvalue weighted by Gasteiger charge is -2.09. The van der Waals surface area contributed by atoms with Gasteiger partial charge in [0.15, 0.2) is 0 Å². The highest BCUT2D eigenvalue weighted by atomic mass is 32.2. The summed E-state index contributed by atoms with van der Waals surface area (Å²) in [7, 11) is 0.607. The first-order valence-electron chi connectivity index (χ1n) is 5.08. The van der Waals surface area contributed by atoms with E-state index >= 15 is 0 Å². The third-order valence-corrected chi connectivity index (χ3v) is 4.38. The fraction of sp³-hybridized carbons (Fsp3) is 0.600. The van der Waals surface area contributed by atoms with E-state index in [9.17, 15) is 9.00 Å². The maximum atomic E-state index is 11.8. The molecule has 0 aromatic carbocycles. The van der Waals surface area contributed by atoms with E-state index in [1.54, 1.807) is 7.05 Å². The van der Waals surface area contributed by atoms with Crippen molar-refractivity contribution < 1.29 is 14.1 Å². The molecule has 0 aliphatic heterocycles. The number of aryl methyl sites for hydroxylation is 1. The van der Waals surface area contributed by atoms with Crippen molar-refractivity contribution in [1.82, 2.24) is 9.78 Å². The molecule has 0 saturated heterocycles. The zero-order chi connectivity index (χ0) is 12.3. The van der Waals surface area contributed by atoms with Gasteiger partial charge in [-0.3, -0.25) is 8.89 Å². The molecule has 0 aliphatic carbocycles. The Balaban J connectivity index is 2.92. The molecular weight excluding hydrogens is 228 g/mol. The number of rotatable bonds is 5. The Morgan fingerprint density at radius 1 is 1.69 bits per heavy atom. The Hall–Kier alpha value is -1.17. The average Bonchev–Trinajstić information content (AvgIpc) is 2.59. The van der Waals surface area contributed by atoms with Crippen LogP contribution in [0, 0.1) is 0 Å². The van der Waals surface area contributed by atoms with Crippen molar-refractivity contribution in [3.8, 4) is 0 Å². The molecular formula is C10H16N2O3S. The molecule has 16 heavy (non-hydrogen) atoms. The van der Waals surface area contributed by atoms with E-state index in [-0.39, 0.29) is 16.6 Å². The van der Waals surface area contributed by atoms with Gasteiger partial charge in [-0.15, -0.1) is 0 Å². The van der Waals surface area contributed by atoms with Gasteiger partial charge in [-0.25, -0.2) is 4.79 Å². The number of aromatic carboxylic acids is 1. The quantitative estimate of drug-likeness (QED) is 0.843. The van der Waals surface area contributed by atoms with Gasteiger partial charge in [-0.1, -0.05) is 13.8 Å². The van der Waals surface area contributed by atoms with Gasteiger partial charge in [0, 0.05) is 23.1 Å². The first-order valence-corrected chi connectivity index (χ1v) is 6.46. The average molecular weight is 244 g/mol. The second kappa shape index (κ2) is 5.25. The number of hydrogen-bond donors (Lipinski definition) is 1. The highest BCUT2D eigenvalue weighted by molar-refractivity contribution is 7.84. The van der Waals surface area contributed by atoms with Gasteiger partial charge in [-0.05, 0) is 6.42 Å². The predicted octanol–water partition coefficient (Wildman–Crippen LogP) is 1.17. The molecule has 2 atom stereocenters. The number of carboxylic acids is 1. The molecule has 90 valence electrons. The second-order valence-corrected chi connectivity index (χ2v) is 5.53. The molecule has 0 radical (unpaired) electrons. The van der Waals surface area contributed by atoms with Gasteiger partial charge in [0.1, 0.15) is 5.56 Å². The zero-order valence-corrected chi connectivity index (χ0v) is 10.5. The van der Waals surface area contributed by atoms with Crippen LogP contribution in [0.25, 0.3) is 0 Å². The van der Waals surface area contributed by atoms with E-state index < -0.39 is 16.8 Å². The normalized spacial score (nSPS) is 14.7. The number of aromatic nitrogens is 2. The molecule has 1 rings (SSSR count). The van der Waals surface area contributed by atoms with E-state index in [4.69, 9.17) is 5.11 Å². The molecule has 0 bridgehead atoms. The van der Waals surface area contributed by atoms with Gasteiger partial charge < -0.3 is 5.11 Å². The second-order valence-electron chi connectivity index (χ2n) is 3.68. The summed E-state index contributed by atoms with van der Waals surface area (Å²) in [6, 6.07) is 0. The molecule has 0 amide bonds. The highest BCUT2D eigenvalue weighted by Gasteiger charge is 2.19. The van der Waals surface area contributed by atoms with Crippen molar-refractivity contribution >= 4 is 16.8 Å². The summed E-state index contributed by atoms with van der Waals surface area (Å²) < 4.78 is 13.3. The van der Waals surface area contributed by atoms with E-state index in [1.165, 1.54) is 10.9 Å². The predicted molar refractivity (Wildman–Crippen MR) is 61.8 cm³/mol. The monoisotopic (exact) mass is 244 g/mol. The minimum atomic E-state index is -1.06. The standard InChI is InChI=1S/C10H16N2O3S/c1-4-7(2)16(15)6-9-8(10(13)14)5-11-12(9)3/h5,7H,4,6H2,1-3H3,(H,13,14). The minimum Gasteiger partial charge on any atom is -0.478 e. The van der Waals surface area contributed by atoms with Gasteiger partial charge >= 0.3 is 5.97 Å². The van der Waals surface area contributed by atoms with Crippen LogP contribution >= 0.6 is 0 Å². The van der Waals surface area contributed by atoms with E-state index in [0.29, 0.717) is 5.69 Å². The summed E-state index contributed by atoms with van der Waals surface area (Å²) >= 11 is 0. The van der Waals surface area contributed by atoms with Gasteiger partial charge in [0.2, 0.25) is 0 Å². The number of nitrogens with zero attached hydrogens (tertiary/aromatic N) is 2. The van der Waals surface area contributed by atoms with Crippen LogP contribution in [0.3, 0.4) is 0 Å². The highest BCUT2D eigenvalue weighted by Crippen LogP contribution is 2.13. The molecule has 0 fully saturated rings. The van der Waals surface area contributed by atoms with Crippen molar-refractivity contribution in [2.75, 3.05) is 0 Å². The lowest BCUT2D eigenvalue weighted by Crippen LogP contribution is -2.15. The molecule has 1 N–H and O–H groups in total. The van der Waals surface area contributed by atoms with Crippen LogP contribution in [-0.2, 0) is 23.6 Å². The first-order chi connectivity index (χ1) is 7.47. The number of carbonyl (C=O) groups is 1. The van der Waals surface area contributed by atoms with Gasteiger partial charge in [-0.2, -0.15) is 5.10 Å². The van der Waals surface area contributed by atoms with Crippen LogP contribution in [-0.4, -0.2) is 30.3 Å². The van der Waals surface area contributed by atoms with Crippen LogP contribution in [0.2, 0.25) is 0 Å². The molecule has 0 spiro atoms. The van der Waals surface area contributed by atoms with Gasteiger partial charge in [0.05, 0.1) is 17.6 Å². The summed E-state index contributed by atoms with van der Waals surface area (Å²) in [5, 5.41) is 12.9. The van der Waals surface area contributed by atoms with Crippen molar-refractivity contribution in [2.45, 2.75) is 31.3 Å². The Kier molecular flexibility index (Phi) is 4.23. The van der Waals surface area contributed by atoms with Crippen molar-refractivity contribution in [3.63, 3.8) is 0 Å². The SMILES string of the molecule is CCC(C)S(=O)Cc1c(C(=O)O)cnn1C. The van der Waals surface area contributed by atoms with Crippen molar-refractivity contribution in [2.24, 2.45) is 7.05 Å². The fourth-order valence-corrected chi connectivity index (χ4v) is 2.54. The van der Waals surface area contributed by atoms with E-state index in [0.717, 1.165) is 6.42 Å². The molecule has 2 unspecified atom stereocenters. The van der Waals surface area contributed by atoms with Gasteiger partial charge in [0.25, 0.3) is 0 Å². The van der Waals surface area contributed by atoms with Crippen molar-refractivity contribution in [1.29, 1.82) is 0 Å². The zero-order valence-electron chi connectivity index (χ0n) is 9.64. The maximum absolute atomic E-state index is 11.8. The lowest BCUT2D eigenvalue weighted by molar-refractivity contribution is 0.0696. The maximum Gasteiger partial charge on any atom is 0.339 e. The smallest absolute Gasteiger partial charge is 0.339 e. The van der Waals surface area contributed by atoms with Crippen LogP contribution in [0.4, 0.5) is 0 Å². The van der Waals surface area contributed by atoms with Crippen LogP contribution in [0.1, 0.15) is 36.3 Å². The van der Waals surface area contributed by atoms with Crippen LogP contribution in [0.5, 0.6) is 0 Å². The minimum absolute atomic E-state index is 0.0662. The lowest BCUT2D eigenvalue weighted by atomic mass is 10.3. The Morgan fingerprint density at radius 2 is 2.31 bits per heavy atom. The molecule has 6 heteroatoms. The Labute approximate surface area is 96.9 Å². The number of hydrogen-bond acceptors (Lipinski definition) is 3. The molecule has 0 saturated carbocycles. The third-order valence-electron chi connectivity index (χ3n) is 2.59. The summed E-state index contributed by atoms with van der Waals surface area (Å²) in [6.45, 7) is 3.86. The molecule has 1 heterocycles. The summed E-state index contributed by atoms with van der Waals surface area (Å²) in [5.41, 5.74) is 0.658. The molecule has 1 aromatic heterocycles. The number of carboxylic acid groups (broad SMARTS) is 1. The van der Waals surface area contributed by atoms with Crippen LogP contribution in [0.15, 0.2) is 6.20 Å². The third kappa shape index (κ3) is 2.69. The Bertz CT molecular complexity index is 414. The van der Waals surface area contributed by atoms with E-state index in [1.807, 2.05) is 13.8 Å². The summed E-state index contributed by atoms with van der Waals surface area (Å²) in [4.78, 5) is 10.9. The summed E-state index contributed by atoms with van der Waals surface area (Å²) in [6.07, 6.45) is 2.11. The fourth-order valence-electron chi connectivity index (χ4n) is 1.28. The molecule has 0 aliphatic rings. The first kappa shape index (κ1) is 12.9. The molecule has 5 nitrogen and oxygen atoms in total. The largest absolute Gasteiger partial charge is 0.478 e. The van der Waals surface area contributed by atoms with Crippen LogP contribution < -0.4 is 0 Å².